The molecule has 1 atom stereocenters. The lowest BCUT2D eigenvalue weighted by Crippen LogP contribution is -2.38. The number of hydrogen-bond donors (Lipinski definition) is 2. The van der Waals surface area contributed by atoms with Crippen LogP contribution in [0.15, 0.2) is 24.4 Å². The fourth-order valence-corrected chi connectivity index (χ4v) is 4.45. The highest BCUT2D eigenvalue weighted by atomic mass is 16.5. The molecule has 3 aromatic rings. The van der Waals surface area contributed by atoms with Gasteiger partial charge >= 0.3 is 0 Å². The zero-order valence-corrected chi connectivity index (χ0v) is 18.1. The van der Waals surface area contributed by atoms with Crippen molar-refractivity contribution in [2.24, 2.45) is 0 Å². The van der Waals surface area contributed by atoms with Crippen LogP contribution in [0.3, 0.4) is 0 Å². The predicted octanol–water partition coefficient (Wildman–Crippen LogP) is 4.28. The molecule has 0 radical (unpaired) electrons. The van der Waals surface area contributed by atoms with E-state index < -0.39 is 0 Å². The van der Waals surface area contributed by atoms with Gasteiger partial charge in [0, 0.05) is 23.4 Å². The molecule has 2 aliphatic rings. The SMILES string of the molecule is CC[C@@H](C)N(Cc1ccc(C2CCC2)cn1)C(=O)c1cc2nc(N)c3c(c2[nH]1)COC3. The number of carbonyl (C=O) groups is 1. The summed E-state index contributed by atoms with van der Waals surface area (Å²) in [6, 6.07) is 6.12. The number of nitrogens with one attached hydrogen (secondary N) is 1. The van der Waals surface area contributed by atoms with Gasteiger partial charge in [-0.15, -0.1) is 0 Å². The van der Waals surface area contributed by atoms with E-state index in [0.717, 1.165) is 28.8 Å². The predicted molar refractivity (Wildman–Crippen MR) is 119 cm³/mol. The van der Waals surface area contributed by atoms with Crippen LogP contribution in [-0.4, -0.2) is 31.8 Å². The molecule has 5 rings (SSSR count). The maximum atomic E-state index is 13.5. The average Bonchev–Trinajstić information content (AvgIpc) is 3.38. The van der Waals surface area contributed by atoms with Crippen molar-refractivity contribution < 1.29 is 9.53 Å². The average molecular weight is 420 g/mol. The summed E-state index contributed by atoms with van der Waals surface area (Å²) in [5.74, 6) is 1.09. The lowest BCUT2D eigenvalue weighted by atomic mass is 9.81. The molecule has 4 heterocycles. The van der Waals surface area contributed by atoms with Crippen LogP contribution >= 0.6 is 0 Å². The van der Waals surface area contributed by atoms with Crippen molar-refractivity contribution in [3.05, 3.63) is 52.5 Å². The van der Waals surface area contributed by atoms with Gasteiger partial charge < -0.3 is 20.4 Å². The number of pyridine rings is 2. The van der Waals surface area contributed by atoms with Crippen molar-refractivity contribution in [1.82, 2.24) is 19.9 Å². The van der Waals surface area contributed by atoms with Crippen LogP contribution in [0.25, 0.3) is 11.0 Å². The Kier molecular flexibility index (Phi) is 5.14. The molecule has 1 fully saturated rings. The molecule has 1 saturated carbocycles. The Bertz CT molecular complexity index is 1120. The highest BCUT2D eigenvalue weighted by Gasteiger charge is 2.26. The molecule has 31 heavy (non-hydrogen) atoms. The molecule has 1 aliphatic heterocycles. The third kappa shape index (κ3) is 3.57. The molecular weight excluding hydrogens is 390 g/mol. The number of nitrogens with two attached hydrogens (primary N) is 1. The fourth-order valence-electron chi connectivity index (χ4n) is 4.45. The molecule has 0 spiro atoms. The first-order valence-electron chi connectivity index (χ1n) is 11.2. The number of nitrogens with zero attached hydrogens (tertiary/aromatic N) is 3. The van der Waals surface area contributed by atoms with Gasteiger partial charge in [0.2, 0.25) is 0 Å². The largest absolute Gasteiger partial charge is 0.383 e. The van der Waals surface area contributed by atoms with Crippen molar-refractivity contribution >= 4 is 22.8 Å². The molecule has 3 N–H and O–H groups in total. The maximum Gasteiger partial charge on any atom is 0.270 e. The summed E-state index contributed by atoms with van der Waals surface area (Å²) in [6.07, 6.45) is 6.67. The van der Waals surface area contributed by atoms with Gasteiger partial charge in [-0.25, -0.2) is 4.98 Å². The van der Waals surface area contributed by atoms with Gasteiger partial charge in [-0.2, -0.15) is 0 Å². The second-order valence-electron chi connectivity index (χ2n) is 8.79. The Morgan fingerprint density at radius 3 is 2.81 bits per heavy atom. The Morgan fingerprint density at radius 1 is 1.32 bits per heavy atom. The number of nitrogen functional groups attached to an aromatic ring is 1. The Balaban J connectivity index is 1.42. The quantitative estimate of drug-likeness (QED) is 0.622. The van der Waals surface area contributed by atoms with Crippen molar-refractivity contribution in [2.45, 2.75) is 71.2 Å². The second-order valence-corrected chi connectivity index (χ2v) is 8.79. The molecular formula is C24H29N5O2. The van der Waals surface area contributed by atoms with Gasteiger partial charge in [-0.1, -0.05) is 19.4 Å². The number of aromatic nitrogens is 3. The summed E-state index contributed by atoms with van der Waals surface area (Å²) in [5, 5.41) is 0. The molecule has 1 aliphatic carbocycles. The summed E-state index contributed by atoms with van der Waals surface area (Å²) in [5.41, 5.74) is 12.3. The minimum atomic E-state index is -0.0524. The third-order valence-electron chi connectivity index (χ3n) is 6.88. The lowest BCUT2D eigenvalue weighted by molar-refractivity contribution is 0.0663. The van der Waals surface area contributed by atoms with E-state index in [1.807, 2.05) is 11.1 Å². The van der Waals surface area contributed by atoms with E-state index >= 15 is 0 Å². The number of fused-ring (bicyclic) bond motifs is 3. The summed E-state index contributed by atoms with van der Waals surface area (Å²) in [4.78, 5) is 27.8. The first-order chi connectivity index (χ1) is 15.0. The zero-order valence-electron chi connectivity index (χ0n) is 18.1. The Morgan fingerprint density at radius 2 is 2.13 bits per heavy atom. The number of aromatic amines is 1. The van der Waals surface area contributed by atoms with Crippen molar-refractivity contribution in [1.29, 1.82) is 0 Å². The summed E-state index contributed by atoms with van der Waals surface area (Å²) in [6.45, 7) is 5.60. The Hall–Kier alpha value is -2.93. The smallest absolute Gasteiger partial charge is 0.270 e. The van der Waals surface area contributed by atoms with E-state index in [1.165, 1.54) is 24.8 Å². The van der Waals surface area contributed by atoms with Gasteiger partial charge in [0.25, 0.3) is 5.91 Å². The van der Waals surface area contributed by atoms with Crippen LogP contribution < -0.4 is 5.73 Å². The van der Waals surface area contributed by atoms with Crippen LogP contribution in [0.2, 0.25) is 0 Å². The van der Waals surface area contributed by atoms with E-state index in [2.05, 4.69) is 40.9 Å². The molecule has 0 bridgehead atoms. The standard InChI is InChI=1S/C24H29N5O2/c1-3-14(2)29(11-17-8-7-16(10-26-17)15-5-4-6-15)24(30)21-9-20-22(27-21)18-12-31-13-19(18)23(25)28-20/h7-10,14-15,27H,3-6,11-13H2,1-2H3,(H2,25,28)/t14-/m1/s1. The van der Waals surface area contributed by atoms with E-state index in [4.69, 9.17) is 10.5 Å². The van der Waals surface area contributed by atoms with Crippen LogP contribution in [0, 0.1) is 0 Å². The minimum Gasteiger partial charge on any atom is -0.383 e. The van der Waals surface area contributed by atoms with Gasteiger partial charge in [-0.3, -0.25) is 9.78 Å². The lowest BCUT2D eigenvalue weighted by Gasteiger charge is -2.28. The van der Waals surface area contributed by atoms with Gasteiger partial charge in [0.1, 0.15) is 11.5 Å². The first kappa shape index (κ1) is 20.0. The fraction of sp³-hybridized carbons (Fsp3) is 0.458. The third-order valence-corrected chi connectivity index (χ3v) is 6.88. The van der Waals surface area contributed by atoms with Crippen LogP contribution in [0.1, 0.15) is 78.3 Å². The molecule has 7 heteroatoms. The number of hydrogen-bond acceptors (Lipinski definition) is 5. The van der Waals surface area contributed by atoms with E-state index in [0.29, 0.717) is 42.7 Å². The second kappa shape index (κ2) is 7.96. The number of ether oxygens (including phenoxy) is 1. The van der Waals surface area contributed by atoms with Gasteiger partial charge in [0.05, 0.1) is 36.5 Å². The summed E-state index contributed by atoms with van der Waals surface area (Å²) >= 11 is 0. The van der Waals surface area contributed by atoms with E-state index in [1.54, 1.807) is 6.07 Å². The number of anilines is 1. The highest BCUT2D eigenvalue weighted by Crippen LogP contribution is 2.36. The normalized spacial score (nSPS) is 16.8. The number of carbonyl (C=O) groups excluding carboxylic acids is 1. The number of H-pyrrole nitrogens is 1. The van der Waals surface area contributed by atoms with Crippen LogP contribution in [-0.2, 0) is 24.5 Å². The summed E-state index contributed by atoms with van der Waals surface area (Å²) < 4.78 is 5.55. The van der Waals surface area contributed by atoms with E-state index in [-0.39, 0.29) is 11.9 Å². The Labute approximate surface area is 182 Å². The minimum absolute atomic E-state index is 0.0524. The molecule has 0 aromatic carbocycles. The van der Waals surface area contributed by atoms with Crippen molar-refractivity contribution in [2.75, 3.05) is 5.73 Å². The molecule has 0 unspecified atom stereocenters. The molecule has 1 amide bonds. The monoisotopic (exact) mass is 419 g/mol. The zero-order chi connectivity index (χ0) is 21.5. The molecule has 7 nitrogen and oxygen atoms in total. The maximum absolute atomic E-state index is 13.5. The van der Waals surface area contributed by atoms with Gasteiger partial charge in [-0.05, 0) is 49.8 Å². The molecule has 3 aromatic heterocycles. The number of rotatable bonds is 6. The highest BCUT2D eigenvalue weighted by molar-refractivity contribution is 5.98. The van der Waals surface area contributed by atoms with Crippen LogP contribution in [0.4, 0.5) is 5.82 Å². The first-order valence-corrected chi connectivity index (χ1v) is 11.2. The van der Waals surface area contributed by atoms with Crippen molar-refractivity contribution in [3.8, 4) is 0 Å². The molecule has 0 saturated heterocycles. The molecule has 162 valence electrons. The van der Waals surface area contributed by atoms with Crippen molar-refractivity contribution in [3.63, 3.8) is 0 Å². The summed E-state index contributed by atoms with van der Waals surface area (Å²) in [7, 11) is 0. The van der Waals surface area contributed by atoms with Gasteiger partial charge in [0.15, 0.2) is 0 Å². The topological polar surface area (TPSA) is 97.1 Å². The number of amides is 1. The van der Waals surface area contributed by atoms with E-state index in [9.17, 15) is 4.79 Å². The van der Waals surface area contributed by atoms with Crippen LogP contribution in [0.5, 0.6) is 0 Å².